The van der Waals surface area contributed by atoms with E-state index in [2.05, 4.69) is 5.10 Å². The van der Waals surface area contributed by atoms with Crippen LogP contribution in [0.25, 0.3) is 16.9 Å². The largest absolute Gasteiger partial charge is 0.396 e. The third-order valence-corrected chi connectivity index (χ3v) is 5.05. The molecule has 0 atom stereocenters. The number of benzene rings is 1. The number of aromatic nitrogens is 2. The molecular weight excluding hydrogens is 372 g/mol. The van der Waals surface area contributed by atoms with Crippen LogP contribution in [-0.2, 0) is 0 Å². The highest BCUT2D eigenvalue weighted by Gasteiger charge is 2.16. The van der Waals surface area contributed by atoms with Gasteiger partial charge in [-0.05, 0) is 24.3 Å². The molecule has 3 nitrogen and oxygen atoms in total. The monoisotopic (exact) mass is 377 g/mol. The standard InChI is InChI=1S/C13H7Cl4N3S/c14-8-2-1-6(3-9(8)15)20-5-10(18)12(19-20)7-4-11(16)21-13(7)17/h1-5H,18H2. The smallest absolute Gasteiger partial charge is 0.118 e. The van der Waals surface area contributed by atoms with E-state index in [-0.39, 0.29) is 0 Å². The highest BCUT2D eigenvalue weighted by Crippen LogP contribution is 2.39. The van der Waals surface area contributed by atoms with Gasteiger partial charge >= 0.3 is 0 Å². The summed E-state index contributed by atoms with van der Waals surface area (Å²) >= 11 is 25.3. The highest BCUT2D eigenvalue weighted by molar-refractivity contribution is 7.20. The minimum atomic E-state index is 0.446. The van der Waals surface area contributed by atoms with Gasteiger partial charge in [-0.15, -0.1) is 11.3 Å². The lowest BCUT2D eigenvalue weighted by Crippen LogP contribution is -1.94. The number of nitrogens with two attached hydrogens (primary N) is 1. The van der Waals surface area contributed by atoms with Crippen LogP contribution in [0.2, 0.25) is 18.7 Å². The van der Waals surface area contributed by atoms with Crippen LogP contribution in [0.1, 0.15) is 0 Å². The molecule has 2 aromatic heterocycles. The van der Waals surface area contributed by atoms with E-state index < -0.39 is 0 Å². The van der Waals surface area contributed by atoms with Crippen molar-refractivity contribution in [2.24, 2.45) is 0 Å². The first-order valence-corrected chi connectivity index (χ1v) is 8.04. The lowest BCUT2D eigenvalue weighted by Gasteiger charge is -2.02. The molecule has 0 aliphatic heterocycles. The van der Waals surface area contributed by atoms with Crippen molar-refractivity contribution in [1.82, 2.24) is 9.78 Å². The number of anilines is 1. The molecule has 3 rings (SSSR count). The quantitative estimate of drug-likeness (QED) is 0.612. The van der Waals surface area contributed by atoms with Gasteiger partial charge in [0.05, 0.1) is 32.0 Å². The molecule has 2 N–H and O–H groups in total. The number of nitrogens with zero attached hydrogens (tertiary/aromatic N) is 2. The molecule has 0 amide bonds. The van der Waals surface area contributed by atoms with E-state index in [9.17, 15) is 0 Å². The lowest BCUT2D eigenvalue weighted by molar-refractivity contribution is 0.885. The minimum absolute atomic E-state index is 0.446. The summed E-state index contributed by atoms with van der Waals surface area (Å²) in [5, 5.41) is 5.37. The Labute approximate surface area is 144 Å². The molecule has 0 spiro atoms. The predicted octanol–water partition coefficient (Wildman–Crippen LogP) is 5.80. The molecule has 0 bridgehead atoms. The molecule has 0 unspecified atom stereocenters. The zero-order valence-electron chi connectivity index (χ0n) is 10.3. The van der Waals surface area contributed by atoms with E-state index in [4.69, 9.17) is 52.1 Å². The summed E-state index contributed by atoms with van der Waals surface area (Å²) in [6.45, 7) is 0. The number of thiophene rings is 1. The van der Waals surface area contributed by atoms with Crippen molar-refractivity contribution in [2.45, 2.75) is 0 Å². The van der Waals surface area contributed by atoms with Crippen molar-refractivity contribution in [1.29, 1.82) is 0 Å². The van der Waals surface area contributed by atoms with Gasteiger partial charge in [0, 0.05) is 5.56 Å². The average molecular weight is 379 g/mol. The molecule has 2 heterocycles. The third-order valence-electron chi connectivity index (χ3n) is 2.82. The molecule has 0 radical (unpaired) electrons. The number of halogens is 4. The van der Waals surface area contributed by atoms with Crippen molar-refractivity contribution < 1.29 is 0 Å². The number of hydrogen-bond donors (Lipinski definition) is 1. The Hall–Kier alpha value is -0.910. The minimum Gasteiger partial charge on any atom is -0.396 e. The molecule has 0 aliphatic rings. The molecule has 3 aromatic rings. The molecule has 8 heteroatoms. The summed E-state index contributed by atoms with van der Waals surface area (Å²) in [5.74, 6) is 0. The van der Waals surface area contributed by atoms with Crippen LogP contribution in [0.5, 0.6) is 0 Å². The number of nitrogen functional groups attached to an aromatic ring is 1. The Morgan fingerprint density at radius 1 is 1.05 bits per heavy atom. The Balaban J connectivity index is 2.09. The fraction of sp³-hybridized carbons (Fsp3) is 0. The molecule has 0 saturated carbocycles. The highest BCUT2D eigenvalue weighted by atomic mass is 35.5. The predicted molar refractivity (Wildman–Crippen MR) is 91.3 cm³/mol. The van der Waals surface area contributed by atoms with Gasteiger partial charge in [-0.3, -0.25) is 0 Å². The van der Waals surface area contributed by atoms with Crippen LogP contribution in [0, 0.1) is 0 Å². The Bertz CT molecular complexity index is 825. The summed E-state index contributed by atoms with van der Waals surface area (Å²) in [6.07, 6.45) is 1.69. The first kappa shape index (κ1) is 15.0. The second kappa shape index (κ2) is 5.71. The summed E-state index contributed by atoms with van der Waals surface area (Å²) in [6, 6.07) is 6.95. The number of hydrogen-bond acceptors (Lipinski definition) is 3. The maximum Gasteiger partial charge on any atom is 0.118 e. The fourth-order valence-corrected chi connectivity index (χ4v) is 3.62. The van der Waals surface area contributed by atoms with Gasteiger partial charge in [-0.1, -0.05) is 46.4 Å². The van der Waals surface area contributed by atoms with E-state index in [0.717, 1.165) is 5.69 Å². The SMILES string of the molecule is Nc1cn(-c2ccc(Cl)c(Cl)c2)nc1-c1cc(Cl)sc1Cl. The molecule has 108 valence electrons. The topological polar surface area (TPSA) is 43.8 Å². The molecule has 0 aliphatic carbocycles. The van der Waals surface area contributed by atoms with E-state index in [0.29, 0.717) is 35.7 Å². The van der Waals surface area contributed by atoms with Gasteiger partial charge in [0.2, 0.25) is 0 Å². The summed E-state index contributed by atoms with van der Waals surface area (Å²) in [4.78, 5) is 0. The summed E-state index contributed by atoms with van der Waals surface area (Å²) < 4.78 is 2.75. The normalized spacial score (nSPS) is 11.0. The van der Waals surface area contributed by atoms with Gasteiger partial charge in [-0.25, -0.2) is 4.68 Å². The summed E-state index contributed by atoms with van der Waals surface area (Å²) in [7, 11) is 0. The molecule has 0 saturated heterocycles. The van der Waals surface area contributed by atoms with Crippen LogP contribution in [0.15, 0.2) is 30.5 Å². The van der Waals surface area contributed by atoms with Crippen molar-refractivity contribution in [3.8, 4) is 16.9 Å². The fourth-order valence-electron chi connectivity index (χ4n) is 1.86. The van der Waals surface area contributed by atoms with E-state index >= 15 is 0 Å². The van der Waals surface area contributed by atoms with Crippen LogP contribution in [-0.4, -0.2) is 9.78 Å². The van der Waals surface area contributed by atoms with Gasteiger partial charge < -0.3 is 5.73 Å². The lowest BCUT2D eigenvalue weighted by atomic mass is 10.2. The van der Waals surface area contributed by atoms with Crippen molar-refractivity contribution in [3.05, 3.63) is 49.2 Å². The first-order valence-electron chi connectivity index (χ1n) is 5.71. The van der Waals surface area contributed by atoms with Gasteiger partial charge in [0.1, 0.15) is 10.0 Å². The van der Waals surface area contributed by atoms with E-state index in [1.165, 1.54) is 11.3 Å². The third kappa shape index (κ3) is 2.87. The van der Waals surface area contributed by atoms with Crippen molar-refractivity contribution in [2.75, 3.05) is 5.73 Å². The molecule has 0 fully saturated rings. The Kier molecular flexibility index (Phi) is 4.08. The maximum atomic E-state index is 6.14. The molecular formula is C13H7Cl4N3S. The van der Waals surface area contributed by atoms with Gasteiger partial charge in [0.25, 0.3) is 0 Å². The van der Waals surface area contributed by atoms with Crippen molar-refractivity contribution in [3.63, 3.8) is 0 Å². The van der Waals surface area contributed by atoms with Gasteiger partial charge in [0.15, 0.2) is 0 Å². The first-order chi connectivity index (χ1) is 9.95. The average Bonchev–Trinajstić information content (AvgIpc) is 2.95. The second-order valence-electron chi connectivity index (χ2n) is 4.21. The molecule has 21 heavy (non-hydrogen) atoms. The molecule has 1 aromatic carbocycles. The Morgan fingerprint density at radius 2 is 1.81 bits per heavy atom. The van der Waals surface area contributed by atoms with Gasteiger partial charge in [-0.2, -0.15) is 5.10 Å². The van der Waals surface area contributed by atoms with Crippen LogP contribution in [0.4, 0.5) is 5.69 Å². The maximum absolute atomic E-state index is 6.14. The van der Waals surface area contributed by atoms with Crippen LogP contribution in [0.3, 0.4) is 0 Å². The summed E-state index contributed by atoms with van der Waals surface area (Å²) in [5.41, 5.74) is 8.55. The zero-order chi connectivity index (χ0) is 15.1. The zero-order valence-corrected chi connectivity index (χ0v) is 14.1. The Morgan fingerprint density at radius 3 is 2.43 bits per heavy atom. The van der Waals surface area contributed by atoms with E-state index in [1.54, 1.807) is 35.1 Å². The number of rotatable bonds is 2. The van der Waals surface area contributed by atoms with E-state index in [1.807, 2.05) is 0 Å². The second-order valence-corrected chi connectivity index (χ2v) is 7.31. The van der Waals surface area contributed by atoms with Crippen molar-refractivity contribution >= 4 is 63.4 Å². The van der Waals surface area contributed by atoms with Crippen LogP contribution < -0.4 is 5.73 Å². The van der Waals surface area contributed by atoms with Crippen LogP contribution >= 0.6 is 57.7 Å².